The molecule has 1 aromatic heterocycles. The molecular weight excluding hydrogens is 301 g/mol. The summed E-state index contributed by atoms with van der Waals surface area (Å²) in [6.45, 7) is 1.72. The number of aliphatic imine (C=N–C) groups is 1. The molecule has 104 valence electrons. The van der Waals surface area contributed by atoms with Gasteiger partial charge in [0, 0.05) is 10.0 Å². The first-order valence-electron chi connectivity index (χ1n) is 5.53. The normalized spacial score (nSPS) is 10.3. The van der Waals surface area contributed by atoms with E-state index in [0.717, 1.165) is 0 Å². The summed E-state index contributed by atoms with van der Waals surface area (Å²) in [4.78, 5) is 15.3. The lowest BCUT2D eigenvalue weighted by Gasteiger charge is -2.06. The first-order valence-corrected chi connectivity index (χ1v) is 6.29. The average Bonchev–Trinajstić information content (AvgIpc) is 2.68. The van der Waals surface area contributed by atoms with Crippen molar-refractivity contribution in [3.8, 4) is 5.69 Å². The van der Waals surface area contributed by atoms with Crippen molar-refractivity contribution in [2.45, 2.75) is 6.92 Å². The highest BCUT2D eigenvalue weighted by atomic mass is 35.5. The second-order valence-electron chi connectivity index (χ2n) is 4.02. The number of hydrogen-bond donors (Lipinski definition) is 2. The minimum absolute atomic E-state index is 0.298. The van der Waals surface area contributed by atoms with Gasteiger partial charge in [-0.15, -0.1) is 0 Å². The third-order valence-electron chi connectivity index (χ3n) is 2.56. The van der Waals surface area contributed by atoms with Gasteiger partial charge in [0.05, 0.1) is 23.1 Å². The van der Waals surface area contributed by atoms with Crippen molar-refractivity contribution in [1.82, 2.24) is 9.78 Å². The van der Waals surface area contributed by atoms with Gasteiger partial charge in [0.1, 0.15) is 0 Å². The Kier molecular flexibility index (Phi) is 3.96. The quantitative estimate of drug-likeness (QED) is 0.653. The van der Waals surface area contributed by atoms with Gasteiger partial charge in [-0.25, -0.2) is 4.68 Å². The van der Waals surface area contributed by atoms with Crippen LogP contribution in [0.2, 0.25) is 10.0 Å². The van der Waals surface area contributed by atoms with E-state index in [1.54, 1.807) is 25.1 Å². The molecule has 0 spiro atoms. The molecule has 1 aromatic carbocycles. The number of hydrogen-bond acceptors (Lipinski definition) is 2. The summed E-state index contributed by atoms with van der Waals surface area (Å²) in [5.41, 5.74) is 11.9. The zero-order valence-corrected chi connectivity index (χ0v) is 12.0. The van der Waals surface area contributed by atoms with Crippen LogP contribution in [0.4, 0.5) is 0 Å². The molecule has 2 aromatic rings. The Morgan fingerprint density at radius 3 is 2.40 bits per heavy atom. The molecule has 20 heavy (non-hydrogen) atoms. The van der Waals surface area contributed by atoms with Gasteiger partial charge < -0.3 is 11.5 Å². The molecule has 0 unspecified atom stereocenters. The highest BCUT2D eigenvalue weighted by Gasteiger charge is 2.15. The Hall–Kier alpha value is -2.05. The summed E-state index contributed by atoms with van der Waals surface area (Å²) < 4.78 is 1.53. The number of carbonyl (C=O) groups is 1. The molecule has 8 heteroatoms. The van der Waals surface area contributed by atoms with Crippen LogP contribution in [0.15, 0.2) is 29.4 Å². The van der Waals surface area contributed by atoms with Crippen LogP contribution in [0.5, 0.6) is 0 Å². The predicted octanol–water partition coefficient (Wildman–Crippen LogP) is 1.90. The summed E-state index contributed by atoms with van der Waals surface area (Å²) >= 11 is 11.9. The number of halogens is 2. The van der Waals surface area contributed by atoms with Crippen LogP contribution in [0.3, 0.4) is 0 Å². The maximum absolute atomic E-state index is 11.8. The molecule has 0 saturated carbocycles. The molecule has 0 saturated heterocycles. The Balaban J connectivity index is 2.48. The summed E-state index contributed by atoms with van der Waals surface area (Å²) in [6.07, 6.45) is 1.39. The number of amides is 1. The highest BCUT2D eigenvalue weighted by molar-refractivity contribution is 6.34. The van der Waals surface area contributed by atoms with Gasteiger partial charge >= 0.3 is 0 Å². The zero-order valence-electron chi connectivity index (χ0n) is 10.5. The standard InChI is InChI=1S/C12H11Cl2N5O/c1-6-10(11(20)18-12(15)16)5-17-19(6)9-3-7(13)2-8(14)4-9/h2-5H,1H3,(H4,15,16,18,20). The highest BCUT2D eigenvalue weighted by Crippen LogP contribution is 2.23. The lowest BCUT2D eigenvalue weighted by Crippen LogP contribution is -2.24. The van der Waals surface area contributed by atoms with Crippen molar-refractivity contribution >= 4 is 35.1 Å². The van der Waals surface area contributed by atoms with Gasteiger partial charge in [-0.05, 0) is 25.1 Å². The summed E-state index contributed by atoms with van der Waals surface area (Å²) in [5.74, 6) is -0.852. The van der Waals surface area contributed by atoms with E-state index in [-0.39, 0.29) is 5.96 Å². The third kappa shape index (κ3) is 2.92. The van der Waals surface area contributed by atoms with Crippen molar-refractivity contribution in [1.29, 1.82) is 0 Å². The summed E-state index contributed by atoms with van der Waals surface area (Å²) in [6, 6.07) is 4.97. The molecule has 0 aliphatic heterocycles. The lowest BCUT2D eigenvalue weighted by atomic mass is 10.2. The van der Waals surface area contributed by atoms with Crippen LogP contribution in [-0.2, 0) is 0 Å². The fraction of sp³-hybridized carbons (Fsp3) is 0.0833. The fourth-order valence-electron chi connectivity index (χ4n) is 1.72. The van der Waals surface area contributed by atoms with Crippen LogP contribution in [-0.4, -0.2) is 21.6 Å². The number of guanidine groups is 1. The van der Waals surface area contributed by atoms with E-state index in [1.807, 2.05) is 0 Å². The topological polar surface area (TPSA) is 99.3 Å². The van der Waals surface area contributed by atoms with Crippen molar-refractivity contribution in [2.75, 3.05) is 0 Å². The third-order valence-corrected chi connectivity index (χ3v) is 3.00. The fourth-order valence-corrected chi connectivity index (χ4v) is 2.23. The van der Waals surface area contributed by atoms with Crippen molar-refractivity contribution in [2.24, 2.45) is 16.5 Å². The van der Waals surface area contributed by atoms with Gasteiger partial charge in [-0.2, -0.15) is 10.1 Å². The molecule has 4 N–H and O–H groups in total. The molecule has 6 nitrogen and oxygen atoms in total. The number of nitrogens with two attached hydrogens (primary N) is 2. The molecule has 1 heterocycles. The predicted molar refractivity (Wildman–Crippen MR) is 78.5 cm³/mol. The maximum Gasteiger partial charge on any atom is 0.283 e. The Labute approximate surface area is 125 Å². The molecule has 0 aliphatic carbocycles. The van der Waals surface area contributed by atoms with Crippen molar-refractivity contribution in [3.05, 3.63) is 45.7 Å². The van der Waals surface area contributed by atoms with E-state index in [0.29, 0.717) is 27.0 Å². The lowest BCUT2D eigenvalue weighted by molar-refractivity contribution is 0.100. The molecule has 0 aliphatic rings. The van der Waals surface area contributed by atoms with Gasteiger partial charge in [0.15, 0.2) is 5.96 Å². The van der Waals surface area contributed by atoms with E-state index in [2.05, 4.69) is 10.1 Å². The zero-order chi connectivity index (χ0) is 14.9. The number of aromatic nitrogens is 2. The van der Waals surface area contributed by atoms with E-state index in [4.69, 9.17) is 34.7 Å². The second kappa shape index (κ2) is 5.52. The molecule has 0 fully saturated rings. The van der Waals surface area contributed by atoms with Crippen LogP contribution in [0, 0.1) is 6.92 Å². The Morgan fingerprint density at radius 2 is 1.85 bits per heavy atom. The molecule has 0 radical (unpaired) electrons. The van der Waals surface area contributed by atoms with Crippen LogP contribution in [0.1, 0.15) is 16.1 Å². The van der Waals surface area contributed by atoms with Crippen molar-refractivity contribution < 1.29 is 4.79 Å². The molecule has 0 atom stereocenters. The van der Waals surface area contributed by atoms with Gasteiger partial charge in [0.2, 0.25) is 0 Å². The van der Waals surface area contributed by atoms with E-state index in [1.165, 1.54) is 10.9 Å². The maximum atomic E-state index is 11.8. The number of rotatable bonds is 2. The first kappa shape index (κ1) is 14.4. The van der Waals surface area contributed by atoms with Gasteiger partial charge in [-0.3, -0.25) is 4.79 Å². The minimum atomic E-state index is -0.554. The Morgan fingerprint density at radius 1 is 1.25 bits per heavy atom. The molecule has 2 rings (SSSR count). The van der Waals surface area contributed by atoms with E-state index >= 15 is 0 Å². The largest absolute Gasteiger partial charge is 0.370 e. The van der Waals surface area contributed by atoms with E-state index < -0.39 is 5.91 Å². The molecular formula is C12H11Cl2N5O. The van der Waals surface area contributed by atoms with Crippen LogP contribution in [0.25, 0.3) is 5.69 Å². The second-order valence-corrected chi connectivity index (χ2v) is 4.90. The van der Waals surface area contributed by atoms with Gasteiger partial charge in [0.25, 0.3) is 5.91 Å². The van der Waals surface area contributed by atoms with Crippen LogP contribution >= 0.6 is 23.2 Å². The number of nitrogens with zero attached hydrogens (tertiary/aromatic N) is 3. The minimum Gasteiger partial charge on any atom is -0.370 e. The summed E-state index contributed by atoms with van der Waals surface area (Å²) in [5, 5.41) is 5.07. The monoisotopic (exact) mass is 311 g/mol. The molecule has 0 bridgehead atoms. The van der Waals surface area contributed by atoms with Crippen LogP contribution < -0.4 is 11.5 Å². The molecule has 1 amide bonds. The number of carbonyl (C=O) groups excluding carboxylic acids is 1. The SMILES string of the molecule is Cc1c(C(=O)N=C(N)N)cnn1-c1cc(Cl)cc(Cl)c1. The van der Waals surface area contributed by atoms with E-state index in [9.17, 15) is 4.79 Å². The number of benzene rings is 1. The Bertz CT molecular complexity index is 684. The first-order chi connectivity index (χ1) is 9.38. The smallest absolute Gasteiger partial charge is 0.283 e. The van der Waals surface area contributed by atoms with Crippen molar-refractivity contribution in [3.63, 3.8) is 0 Å². The van der Waals surface area contributed by atoms with Gasteiger partial charge in [-0.1, -0.05) is 23.2 Å². The average molecular weight is 312 g/mol. The summed E-state index contributed by atoms with van der Waals surface area (Å²) in [7, 11) is 0.